The number of rotatable bonds is 5. The number of ether oxygens (including phenoxy) is 1. The van der Waals surface area contributed by atoms with Crippen LogP contribution in [-0.2, 0) is 0 Å². The van der Waals surface area contributed by atoms with E-state index >= 15 is 0 Å². The summed E-state index contributed by atoms with van der Waals surface area (Å²) in [5, 5.41) is 13.0. The van der Waals surface area contributed by atoms with Crippen LogP contribution in [0.5, 0.6) is 6.01 Å². The summed E-state index contributed by atoms with van der Waals surface area (Å²) in [4.78, 5) is 8.09. The van der Waals surface area contributed by atoms with E-state index in [0.29, 0.717) is 28.7 Å². The van der Waals surface area contributed by atoms with E-state index in [9.17, 15) is 5.11 Å². The van der Waals surface area contributed by atoms with Gasteiger partial charge in [-0.05, 0) is 24.7 Å². The Bertz CT molecular complexity index is 403. The Labute approximate surface area is 112 Å². The zero-order chi connectivity index (χ0) is 13.0. The Hall–Kier alpha value is -1.07. The topological polar surface area (TPSA) is 67.3 Å². The standard InChI is InChI=1S/C12H18ClN3O2/c1-18-12-15-6-10(13)11(16-12)14-5-8-3-2-4-9(8)7-17/h6,8-9,17H,2-5,7H2,1H3,(H,14,15,16). The third kappa shape index (κ3) is 3.03. The maximum atomic E-state index is 9.27. The highest BCUT2D eigenvalue weighted by atomic mass is 35.5. The van der Waals surface area contributed by atoms with Crippen molar-refractivity contribution in [3.63, 3.8) is 0 Å². The van der Waals surface area contributed by atoms with Crippen molar-refractivity contribution < 1.29 is 9.84 Å². The second-order valence-corrected chi connectivity index (χ2v) is 4.97. The highest BCUT2D eigenvalue weighted by molar-refractivity contribution is 6.32. The summed E-state index contributed by atoms with van der Waals surface area (Å²) in [5.74, 6) is 1.46. The molecule has 18 heavy (non-hydrogen) atoms. The van der Waals surface area contributed by atoms with Crippen LogP contribution in [0.4, 0.5) is 5.82 Å². The fraction of sp³-hybridized carbons (Fsp3) is 0.667. The highest BCUT2D eigenvalue weighted by Crippen LogP contribution is 2.32. The lowest BCUT2D eigenvalue weighted by Gasteiger charge is -2.18. The fourth-order valence-electron chi connectivity index (χ4n) is 2.42. The van der Waals surface area contributed by atoms with Crippen molar-refractivity contribution >= 4 is 17.4 Å². The van der Waals surface area contributed by atoms with E-state index in [1.54, 1.807) is 0 Å². The molecule has 6 heteroatoms. The Kier molecular flexibility index (Phi) is 4.60. The van der Waals surface area contributed by atoms with Crippen LogP contribution >= 0.6 is 11.6 Å². The Morgan fingerprint density at radius 3 is 3.00 bits per heavy atom. The van der Waals surface area contributed by atoms with Crippen molar-refractivity contribution in [3.05, 3.63) is 11.2 Å². The molecule has 1 fully saturated rings. The van der Waals surface area contributed by atoms with E-state index in [4.69, 9.17) is 16.3 Å². The highest BCUT2D eigenvalue weighted by Gasteiger charge is 2.26. The van der Waals surface area contributed by atoms with Gasteiger partial charge < -0.3 is 15.2 Å². The third-order valence-corrected chi connectivity index (χ3v) is 3.76. The second-order valence-electron chi connectivity index (χ2n) is 4.57. The monoisotopic (exact) mass is 271 g/mol. The smallest absolute Gasteiger partial charge is 0.318 e. The summed E-state index contributed by atoms with van der Waals surface area (Å²) < 4.78 is 4.96. The molecule has 0 amide bonds. The summed E-state index contributed by atoms with van der Waals surface area (Å²) in [6.45, 7) is 1.03. The lowest BCUT2D eigenvalue weighted by atomic mass is 9.97. The minimum atomic E-state index is 0.257. The van der Waals surface area contributed by atoms with E-state index in [0.717, 1.165) is 19.4 Å². The number of nitrogens with one attached hydrogen (secondary N) is 1. The quantitative estimate of drug-likeness (QED) is 0.857. The van der Waals surface area contributed by atoms with E-state index in [1.165, 1.54) is 19.7 Å². The molecule has 2 N–H and O–H groups in total. The second kappa shape index (κ2) is 6.20. The molecule has 0 saturated heterocycles. The molecule has 0 radical (unpaired) electrons. The van der Waals surface area contributed by atoms with Crippen molar-refractivity contribution in [1.29, 1.82) is 0 Å². The van der Waals surface area contributed by atoms with Crippen LogP contribution in [0.1, 0.15) is 19.3 Å². The van der Waals surface area contributed by atoms with Crippen molar-refractivity contribution in [2.45, 2.75) is 19.3 Å². The molecule has 2 unspecified atom stereocenters. The molecule has 1 aromatic heterocycles. The first-order valence-corrected chi connectivity index (χ1v) is 6.53. The molecule has 100 valence electrons. The first-order chi connectivity index (χ1) is 8.74. The zero-order valence-corrected chi connectivity index (χ0v) is 11.2. The van der Waals surface area contributed by atoms with Crippen molar-refractivity contribution in [2.24, 2.45) is 11.8 Å². The lowest BCUT2D eigenvalue weighted by Crippen LogP contribution is -2.21. The molecule has 1 aliphatic rings. The molecule has 2 atom stereocenters. The summed E-state index contributed by atoms with van der Waals surface area (Å²) in [7, 11) is 1.52. The molecule has 0 aliphatic heterocycles. The normalized spacial score (nSPS) is 23.1. The molecular weight excluding hydrogens is 254 g/mol. The van der Waals surface area contributed by atoms with Gasteiger partial charge in [0.2, 0.25) is 0 Å². The van der Waals surface area contributed by atoms with Crippen molar-refractivity contribution in [2.75, 3.05) is 25.6 Å². The average Bonchev–Trinajstić information content (AvgIpc) is 2.85. The third-order valence-electron chi connectivity index (χ3n) is 3.49. The van der Waals surface area contributed by atoms with Crippen LogP contribution in [0, 0.1) is 11.8 Å². The SMILES string of the molecule is COc1ncc(Cl)c(NCC2CCCC2CO)n1. The van der Waals surface area contributed by atoms with Crippen molar-refractivity contribution in [3.8, 4) is 6.01 Å². The van der Waals surface area contributed by atoms with Gasteiger partial charge in [-0.2, -0.15) is 4.98 Å². The van der Waals surface area contributed by atoms with E-state index < -0.39 is 0 Å². The summed E-state index contributed by atoms with van der Waals surface area (Å²) in [5.41, 5.74) is 0. The number of hydrogen-bond acceptors (Lipinski definition) is 5. The number of methoxy groups -OCH3 is 1. The van der Waals surface area contributed by atoms with Crippen LogP contribution < -0.4 is 10.1 Å². The zero-order valence-electron chi connectivity index (χ0n) is 10.4. The van der Waals surface area contributed by atoms with Gasteiger partial charge in [-0.25, -0.2) is 4.98 Å². The molecule has 0 bridgehead atoms. The van der Waals surface area contributed by atoms with Crippen LogP contribution in [-0.4, -0.2) is 35.3 Å². The van der Waals surface area contributed by atoms with Crippen LogP contribution in [0.15, 0.2) is 6.20 Å². The molecule has 1 aliphatic carbocycles. The molecule has 5 nitrogen and oxygen atoms in total. The fourth-order valence-corrected chi connectivity index (χ4v) is 2.58. The van der Waals surface area contributed by atoms with Gasteiger partial charge in [0.05, 0.1) is 13.3 Å². The minimum absolute atomic E-state index is 0.257. The lowest BCUT2D eigenvalue weighted by molar-refractivity contribution is 0.199. The Morgan fingerprint density at radius 1 is 1.50 bits per heavy atom. The average molecular weight is 272 g/mol. The molecule has 1 saturated carbocycles. The Balaban J connectivity index is 1.97. The molecular formula is C12H18ClN3O2. The number of nitrogens with zero attached hydrogens (tertiary/aromatic N) is 2. The van der Waals surface area contributed by atoms with Gasteiger partial charge in [0.15, 0.2) is 5.82 Å². The van der Waals surface area contributed by atoms with Gasteiger partial charge in [0.25, 0.3) is 0 Å². The van der Waals surface area contributed by atoms with Crippen LogP contribution in [0.2, 0.25) is 5.02 Å². The van der Waals surface area contributed by atoms with E-state index in [-0.39, 0.29) is 6.61 Å². The summed E-state index contributed by atoms with van der Waals surface area (Å²) >= 11 is 6.02. The molecule has 0 spiro atoms. The molecule has 1 aromatic rings. The number of anilines is 1. The number of aliphatic hydroxyl groups is 1. The first-order valence-electron chi connectivity index (χ1n) is 6.16. The van der Waals surface area contributed by atoms with Crippen LogP contribution in [0.3, 0.4) is 0 Å². The van der Waals surface area contributed by atoms with Crippen LogP contribution in [0.25, 0.3) is 0 Å². The van der Waals surface area contributed by atoms with Gasteiger partial charge in [-0.3, -0.25) is 0 Å². The van der Waals surface area contributed by atoms with Gasteiger partial charge in [-0.15, -0.1) is 0 Å². The van der Waals surface area contributed by atoms with Gasteiger partial charge in [-0.1, -0.05) is 18.0 Å². The van der Waals surface area contributed by atoms with Gasteiger partial charge in [0.1, 0.15) is 5.02 Å². The molecule has 1 heterocycles. The summed E-state index contributed by atoms with van der Waals surface area (Å²) in [6, 6.07) is 0.298. The largest absolute Gasteiger partial charge is 0.467 e. The molecule has 0 aromatic carbocycles. The predicted molar refractivity (Wildman–Crippen MR) is 70.0 cm³/mol. The van der Waals surface area contributed by atoms with Gasteiger partial charge in [0, 0.05) is 13.2 Å². The summed E-state index contributed by atoms with van der Waals surface area (Å²) in [6.07, 6.45) is 4.94. The number of hydrogen-bond donors (Lipinski definition) is 2. The number of aliphatic hydroxyl groups excluding tert-OH is 1. The van der Waals surface area contributed by atoms with E-state index in [2.05, 4.69) is 15.3 Å². The minimum Gasteiger partial charge on any atom is -0.467 e. The van der Waals surface area contributed by atoms with Gasteiger partial charge >= 0.3 is 6.01 Å². The van der Waals surface area contributed by atoms with E-state index in [1.807, 2.05) is 0 Å². The number of aromatic nitrogens is 2. The Morgan fingerprint density at radius 2 is 2.28 bits per heavy atom. The molecule has 2 rings (SSSR count). The number of halogens is 1. The first kappa shape index (κ1) is 13.4. The predicted octanol–water partition coefficient (Wildman–Crippen LogP) is 1.96. The van der Waals surface area contributed by atoms with Crippen molar-refractivity contribution in [1.82, 2.24) is 9.97 Å². The maximum Gasteiger partial charge on any atom is 0.318 e. The maximum absolute atomic E-state index is 9.27.